The first-order chi connectivity index (χ1) is 11.6. The summed E-state index contributed by atoms with van der Waals surface area (Å²) in [5.41, 5.74) is 0. The number of hydrogen-bond acceptors (Lipinski definition) is 7. The van der Waals surface area contributed by atoms with Crippen molar-refractivity contribution >= 4 is 11.6 Å². The van der Waals surface area contributed by atoms with Gasteiger partial charge in [0.1, 0.15) is 6.10 Å². The normalized spacial score (nSPS) is 18.6. The molecular weight excluding hydrogens is 324 g/mol. The third-order valence-corrected chi connectivity index (χ3v) is 3.57. The van der Waals surface area contributed by atoms with Crippen LogP contribution in [0.25, 0.3) is 0 Å². The summed E-state index contributed by atoms with van der Waals surface area (Å²) in [6, 6.07) is 1.29. The van der Waals surface area contributed by atoms with E-state index in [1.165, 1.54) is 18.5 Å². The molecule has 0 saturated carbocycles. The fraction of sp³-hybridized carbons (Fsp3) is 0.500. The van der Waals surface area contributed by atoms with Gasteiger partial charge in [-0.1, -0.05) is 0 Å². The van der Waals surface area contributed by atoms with E-state index in [2.05, 4.69) is 30.2 Å². The number of halogens is 2. The Morgan fingerprint density at radius 3 is 2.96 bits per heavy atom. The standard InChI is InChI=1S/C14H17F2N5O3/c1-8(9-2-3-22-7-9)23-13-6-17-5-11(19-13)18-10-4-12(21-20-10)24-14(15)16/h4-6,8-9,14H,2-3,7H2,1H3,(H2,18,19,20,21)/t8-,9-/m0/s1. The molecule has 2 atom stereocenters. The van der Waals surface area contributed by atoms with Crippen molar-refractivity contribution in [1.82, 2.24) is 20.2 Å². The zero-order valence-electron chi connectivity index (χ0n) is 12.9. The fourth-order valence-corrected chi connectivity index (χ4v) is 2.33. The van der Waals surface area contributed by atoms with Crippen molar-refractivity contribution in [2.75, 3.05) is 18.5 Å². The Labute approximate surface area is 136 Å². The molecule has 0 bridgehead atoms. The van der Waals surface area contributed by atoms with E-state index in [-0.39, 0.29) is 17.8 Å². The molecule has 0 unspecified atom stereocenters. The zero-order chi connectivity index (χ0) is 16.9. The minimum absolute atomic E-state index is 0.0477. The van der Waals surface area contributed by atoms with Crippen LogP contribution >= 0.6 is 0 Å². The molecule has 1 saturated heterocycles. The first-order valence-corrected chi connectivity index (χ1v) is 7.44. The van der Waals surface area contributed by atoms with E-state index >= 15 is 0 Å². The summed E-state index contributed by atoms with van der Waals surface area (Å²) in [4.78, 5) is 8.32. The van der Waals surface area contributed by atoms with Crippen LogP contribution in [0.2, 0.25) is 0 Å². The topological polar surface area (TPSA) is 94.2 Å². The first kappa shape index (κ1) is 16.4. The maximum atomic E-state index is 12.1. The molecular formula is C14H17F2N5O3. The van der Waals surface area contributed by atoms with Crippen molar-refractivity contribution in [3.05, 3.63) is 18.5 Å². The van der Waals surface area contributed by atoms with Crippen LogP contribution in [0.5, 0.6) is 11.8 Å². The highest BCUT2D eigenvalue weighted by atomic mass is 19.3. The molecule has 1 fully saturated rings. The first-order valence-electron chi connectivity index (χ1n) is 7.44. The average Bonchev–Trinajstić information content (AvgIpc) is 3.19. The molecule has 0 radical (unpaired) electrons. The third kappa shape index (κ3) is 4.28. The fourth-order valence-electron chi connectivity index (χ4n) is 2.33. The quantitative estimate of drug-likeness (QED) is 0.798. The van der Waals surface area contributed by atoms with Crippen LogP contribution in [0, 0.1) is 5.92 Å². The Kier molecular flexibility index (Phi) is 5.04. The second kappa shape index (κ2) is 7.39. The molecule has 2 N–H and O–H groups in total. The Morgan fingerprint density at radius 2 is 2.21 bits per heavy atom. The van der Waals surface area contributed by atoms with Crippen LogP contribution in [0.4, 0.5) is 20.4 Å². The summed E-state index contributed by atoms with van der Waals surface area (Å²) in [7, 11) is 0. The lowest BCUT2D eigenvalue weighted by Crippen LogP contribution is -2.24. The molecule has 1 aliphatic rings. The van der Waals surface area contributed by atoms with Gasteiger partial charge < -0.3 is 19.5 Å². The highest BCUT2D eigenvalue weighted by molar-refractivity contribution is 5.51. The zero-order valence-corrected chi connectivity index (χ0v) is 12.9. The smallest absolute Gasteiger partial charge is 0.388 e. The highest BCUT2D eigenvalue weighted by Gasteiger charge is 2.24. The minimum Gasteiger partial charge on any atom is -0.473 e. The lowest BCUT2D eigenvalue weighted by molar-refractivity contribution is -0.0528. The van der Waals surface area contributed by atoms with Gasteiger partial charge >= 0.3 is 6.61 Å². The van der Waals surface area contributed by atoms with Crippen molar-refractivity contribution in [2.24, 2.45) is 5.92 Å². The molecule has 0 spiro atoms. The van der Waals surface area contributed by atoms with Gasteiger partial charge in [-0.05, 0) is 13.3 Å². The number of aromatic amines is 1. The maximum absolute atomic E-state index is 12.1. The van der Waals surface area contributed by atoms with Gasteiger partial charge in [0.25, 0.3) is 0 Å². The molecule has 3 heterocycles. The summed E-state index contributed by atoms with van der Waals surface area (Å²) >= 11 is 0. The summed E-state index contributed by atoms with van der Waals surface area (Å²) in [6.07, 6.45) is 3.88. The van der Waals surface area contributed by atoms with E-state index < -0.39 is 6.61 Å². The Hall–Kier alpha value is -2.49. The number of anilines is 2. The van der Waals surface area contributed by atoms with Crippen LogP contribution in [0.15, 0.2) is 18.5 Å². The number of ether oxygens (including phenoxy) is 3. The van der Waals surface area contributed by atoms with Gasteiger partial charge in [-0.25, -0.2) is 5.10 Å². The second-order valence-corrected chi connectivity index (χ2v) is 5.31. The Balaban J connectivity index is 1.61. The lowest BCUT2D eigenvalue weighted by Gasteiger charge is -2.18. The van der Waals surface area contributed by atoms with Crippen molar-refractivity contribution in [3.8, 4) is 11.8 Å². The maximum Gasteiger partial charge on any atom is 0.388 e. The Morgan fingerprint density at radius 1 is 1.33 bits per heavy atom. The average molecular weight is 341 g/mol. The molecule has 0 amide bonds. The van der Waals surface area contributed by atoms with E-state index in [1.807, 2.05) is 6.92 Å². The second-order valence-electron chi connectivity index (χ2n) is 5.31. The van der Waals surface area contributed by atoms with Gasteiger partial charge in [0.05, 0.1) is 19.0 Å². The number of alkyl halides is 2. The van der Waals surface area contributed by atoms with E-state index in [0.29, 0.717) is 24.2 Å². The van der Waals surface area contributed by atoms with Gasteiger partial charge in [-0.3, -0.25) is 4.98 Å². The number of aromatic nitrogens is 4. The molecule has 0 aliphatic carbocycles. The molecule has 8 nitrogen and oxygen atoms in total. The molecule has 0 aromatic carbocycles. The number of nitrogens with one attached hydrogen (secondary N) is 2. The molecule has 24 heavy (non-hydrogen) atoms. The molecule has 2 aromatic rings. The van der Waals surface area contributed by atoms with Crippen LogP contribution in [-0.4, -0.2) is 46.1 Å². The SMILES string of the molecule is C[C@H](Oc1cncc(Nc2cc(OC(F)F)[nH]n2)n1)[C@H]1CCOC1. The predicted molar refractivity (Wildman–Crippen MR) is 79.6 cm³/mol. The van der Waals surface area contributed by atoms with Crippen molar-refractivity contribution in [2.45, 2.75) is 26.1 Å². The third-order valence-electron chi connectivity index (χ3n) is 3.57. The minimum atomic E-state index is -2.92. The van der Waals surface area contributed by atoms with E-state index in [1.54, 1.807) is 0 Å². The van der Waals surface area contributed by atoms with Gasteiger partial charge in [0.2, 0.25) is 11.8 Å². The summed E-state index contributed by atoms with van der Waals surface area (Å²) in [5.74, 6) is 1.18. The summed E-state index contributed by atoms with van der Waals surface area (Å²) in [6.45, 7) is 0.458. The predicted octanol–water partition coefficient (Wildman–Crippen LogP) is 2.35. The van der Waals surface area contributed by atoms with Crippen molar-refractivity contribution in [3.63, 3.8) is 0 Å². The van der Waals surface area contributed by atoms with E-state index in [9.17, 15) is 8.78 Å². The van der Waals surface area contributed by atoms with Gasteiger partial charge in [-0.15, -0.1) is 0 Å². The summed E-state index contributed by atoms with van der Waals surface area (Å²) in [5, 5.41) is 8.97. The highest BCUT2D eigenvalue weighted by Crippen LogP contribution is 2.22. The summed E-state index contributed by atoms with van der Waals surface area (Å²) < 4.78 is 39.6. The van der Waals surface area contributed by atoms with Gasteiger partial charge in [0.15, 0.2) is 11.6 Å². The van der Waals surface area contributed by atoms with Gasteiger partial charge in [-0.2, -0.15) is 18.9 Å². The van der Waals surface area contributed by atoms with E-state index in [4.69, 9.17) is 9.47 Å². The van der Waals surface area contributed by atoms with Gasteiger partial charge in [0, 0.05) is 18.6 Å². The largest absolute Gasteiger partial charge is 0.473 e. The monoisotopic (exact) mass is 341 g/mol. The van der Waals surface area contributed by atoms with Crippen LogP contribution < -0.4 is 14.8 Å². The number of H-pyrrole nitrogens is 1. The van der Waals surface area contributed by atoms with Crippen molar-refractivity contribution in [1.29, 1.82) is 0 Å². The molecule has 2 aromatic heterocycles. The Bertz CT molecular complexity index is 663. The molecule has 130 valence electrons. The molecule has 3 rings (SSSR count). The van der Waals surface area contributed by atoms with Crippen LogP contribution in [0.3, 0.4) is 0 Å². The molecule has 1 aliphatic heterocycles. The van der Waals surface area contributed by atoms with Crippen LogP contribution in [0.1, 0.15) is 13.3 Å². The van der Waals surface area contributed by atoms with Crippen LogP contribution in [-0.2, 0) is 4.74 Å². The van der Waals surface area contributed by atoms with Crippen molar-refractivity contribution < 1.29 is 23.0 Å². The molecule has 10 heteroatoms. The number of rotatable bonds is 7. The number of hydrogen-bond donors (Lipinski definition) is 2. The van der Waals surface area contributed by atoms with E-state index in [0.717, 1.165) is 13.0 Å². The number of nitrogens with zero attached hydrogens (tertiary/aromatic N) is 3. The lowest BCUT2D eigenvalue weighted by atomic mass is 10.0.